The maximum Gasteiger partial charge on any atom is 0.258 e. The Balaban J connectivity index is 1.86. The highest BCUT2D eigenvalue weighted by molar-refractivity contribution is 7.90. The molecule has 1 saturated carbocycles. The minimum atomic E-state index is -3.87. The van der Waals surface area contributed by atoms with E-state index in [0.717, 1.165) is 5.57 Å². The SMILES string of the molecule is CC(C)(C)Cn1cc([C@H](NS(=O)(=O)C2CC2)C(F)F)c2cc(F)c(C3=CCOCC3)cc21. The molecule has 0 bridgehead atoms. The summed E-state index contributed by atoms with van der Waals surface area (Å²) in [5.74, 6) is -0.515. The molecule has 0 unspecified atom stereocenters. The van der Waals surface area contributed by atoms with Crippen molar-refractivity contribution in [3.8, 4) is 0 Å². The van der Waals surface area contributed by atoms with E-state index in [2.05, 4.69) is 4.72 Å². The van der Waals surface area contributed by atoms with E-state index in [1.165, 1.54) is 6.07 Å². The Morgan fingerprint density at radius 3 is 2.53 bits per heavy atom. The Kier molecular flexibility index (Phi) is 6.19. The maximum atomic E-state index is 15.2. The molecule has 2 heterocycles. The molecule has 2 aromatic rings. The van der Waals surface area contributed by atoms with Crippen LogP contribution in [-0.4, -0.2) is 37.9 Å². The molecule has 0 radical (unpaired) electrons. The first kappa shape index (κ1) is 23.3. The summed E-state index contributed by atoms with van der Waals surface area (Å²) < 4.78 is 77.6. The van der Waals surface area contributed by atoms with Crippen LogP contribution in [0.15, 0.2) is 24.4 Å². The number of rotatable bonds is 7. The van der Waals surface area contributed by atoms with E-state index in [9.17, 15) is 17.2 Å². The zero-order chi connectivity index (χ0) is 23.3. The van der Waals surface area contributed by atoms with Crippen LogP contribution in [0.1, 0.15) is 57.2 Å². The molecule has 1 aliphatic carbocycles. The normalized spacial score (nSPS) is 18.9. The second-order valence-electron chi connectivity index (χ2n) is 9.85. The summed E-state index contributed by atoms with van der Waals surface area (Å²) in [4.78, 5) is 0. The van der Waals surface area contributed by atoms with Gasteiger partial charge < -0.3 is 9.30 Å². The van der Waals surface area contributed by atoms with Crippen LogP contribution in [0.25, 0.3) is 16.5 Å². The molecule has 1 aromatic carbocycles. The Hall–Kier alpha value is -1.84. The zero-order valence-electron chi connectivity index (χ0n) is 18.5. The number of sulfonamides is 1. The quantitative estimate of drug-likeness (QED) is 0.618. The van der Waals surface area contributed by atoms with E-state index >= 15 is 4.39 Å². The summed E-state index contributed by atoms with van der Waals surface area (Å²) in [6.07, 6.45) is 1.90. The van der Waals surface area contributed by atoms with Crippen LogP contribution >= 0.6 is 0 Å². The summed E-state index contributed by atoms with van der Waals surface area (Å²) in [5.41, 5.74) is 1.77. The average molecular weight is 471 g/mol. The lowest BCUT2D eigenvalue weighted by atomic mass is 9.96. The van der Waals surface area contributed by atoms with Crippen LogP contribution in [0.3, 0.4) is 0 Å². The predicted molar refractivity (Wildman–Crippen MR) is 119 cm³/mol. The van der Waals surface area contributed by atoms with Crippen molar-refractivity contribution >= 4 is 26.5 Å². The van der Waals surface area contributed by atoms with Gasteiger partial charge in [0.1, 0.15) is 11.9 Å². The molecule has 0 spiro atoms. The van der Waals surface area contributed by atoms with Gasteiger partial charge in [0.05, 0.1) is 18.5 Å². The van der Waals surface area contributed by atoms with E-state index in [-0.39, 0.29) is 11.0 Å². The fourth-order valence-corrected chi connectivity index (χ4v) is 5.68. The van der Waals surface area contributed by atoms with Gasteiger partial charge >= 0.3 is 0 Å². The van der Waals surface area contributed by atoms with Gasteiger partial charge in [0.25, 0.3) is 6.43 Å². The highest BCUT2D eigenvalue weighted by atomic mass is 32.2. The largest absolute Gasteiger partial charge is 0.377 e. The van der Waals surface area contributed by atoms with Gasteiger partial charge in [0, 0.05) is 34.8 Å². The minimum Gasteiger partial charge on any atom is -0.377 e. The van der Waals surface area contributed by atoms with Gasteiger partial charge in [0.15, 0.2) is 0 Å². The molecule has 0 saturated heterocycles. The first-order chi connectivity index (χ1) is 15.0. The fraction of sp³-hybridized carbons (Fsp3) is 0.565. The number of ether oxygens (including phenoxy) is 1. The van der Waals surface area contributed by atoms with Crippen molar-refractivity contribution < 1.29 is 26.3 Å². The van der Waals surface area contributed by atoms with Crippen molar-refractivity contribution in [3.05, 3.63) is 41.3 Å². The predicted octanol–water partition coefficient (Wildman–Crippen LogP) is 5.02. The molecule has 9 heteroatoms. The first-order valence-corrected chi connectivity index (χ1v) is 12.4. The molecule has 0 amide bonds. The number of hydrogen-bond acceptors (Lipinski definition) is 3. The fourth-order valence-electron chi connectivity index (χ4n) is 4.15. The van der Waals surface area contributed by atoms with E-state index < -0.39 is 33.6 Å². The second kappa shape index (κ2) is 8.50. The van der Waals surface area contributed by atoms with Gasteiger partial charge in [-0.05, 0) is 42.4 Å². The molecule has 176 valence electrons. The van der Waals surface area contributed by atoms with Gasteiger partial charge in [-0.3, -0.25) is 0 Å². The van der Waals surface area contributed by atoms with Gasteiger partial charge in [0.2, 0.25) is 10.0 Å². The molecule has 1 aromatic heterocycles. The van der Waals surface area contributed by atoms with Gasteiger partial charge in [-0.1, -0.05) is 26.8 Å². The zero-order valence-corrected chi connectivity index (χ0v) is 19.3. The number of halogens is 3. The highest BCUT2D eigenvalue weighted by Crippen LogP contribution is 2.37. The molecular weight excluding hydrogens is 441 g/mol. The molecule has 1 aliphatic heterocycles. The average Bonchev–Trinajstić information content (AvgIpc) is 3.51. The van der Waals surface area contributed by atoms with E-state index in [4.69, 9.17) is 4.74 Å². The molecule has 2 aliphatic rings. The molecule has 4 rings (SSSR count). The summed E-state index contributed by atoms with van der Waals surface area (Å²) in [5, 5.41) is -0.331. The van der Waals surface area contributed by atoms with Crippen LogP contribution in [0.2, 0.25) is 0 Å². The number of hydrogen-bond donors (Lipinski definition) is 1. The number of fused-ring (bicyclic) bond motifs is 1. The molecule has 32 heavy (non-hydrogen) atoms. The Bertz CT molecular complexity index is 1150. The van der Waals surface area contributed by atoms with Crippen molar-refractivity contribution in [1.82, 2.24) is 9.29 Å². The van der Waals surface area contributed by atoms with Crippen molar-refractivity contribution in [2.75, 3.05) is 13.2 Å². The van der Waals surface area contributed by atoms with Gasteiger partial charge in [-0.25, -0.2) is 26.3 Å². The number of aromatic nitrogens is 1. The summed E-state index contributed by atoms with van der Waals surface area (Å²) in [6, 6.07) is 1.21. The standard InChI is InChI=1S/C23H29F3N2O3S/c1-23(2,3)13-28-12-18(21(22(25)26)27-32(29,30)15-4-5-15)17-10-19(24)16(11-20(17)28)14-6-8-31-9-7-14/h6,10-12,15,21-22,27H,4-5,7-9,13H2,1-3H3/t21-/m0/s1. The van der Waals surface area contributed by atoms with E-state index in [1.807, 2.05) is 31.4 Å². The Morgan fingerprint density at radius 2 is 1.97 bits per heavy atom. The van der Waals surface area contributed by atoms with Crippen LogP contribution in [-0.2, 0) is 21.3 Å². The van der Waals surface area contributed by atoms with Crippen molar-refractivity contribution in [1.29, 1.82) is 0 Å². The summed E-state index contributed by atoms with van der Waals surface area (Å²) in [7, 11) is -3.87. The van der Waals surface area contributed by atoms with Crippen LogP contribution in [0, 0.1) is 11.2 Å². The van der Waals surface area contributed by atoms with E-state index in [1.54, 1.807) is 12.3 Å². The highest BCUT2D eigenvalue weighted by Gasteiger charge is 2.40. The van der Waals surface area contributed by atoms with Gasteiger partial charge in [-0.15, -0.1) is 0 Å². The van der Waals surface area contributed by atoms with Crippen LogP contribution in [0.5, 0.6) is 0 Å². The molecule has 1 N–H and O–H groups in total. The third kappa shape index (κ3) is 4.89. The first-order valence-electron chi connectivity index (χ1n) is 10.8. The number of nitrogens with zero attached hydrogens (tertiary/aromatic N) is 1. The lowest BCUT2D eigenvalue weighted by molar-refractivity contribution is 0.109. The third-order valence-electron chi connectivity index (χ3n) is 5.80. The Labute approximate surface area is 186 Å². The number of benzene rings is 1. The molecule has 1 atom stereocenters. The lowest BCUT2D eigenvalue weighted by Crippen LogP contribution is -2.35. The molecular formula is C23H29F3N2O3S. The number of nitrogens with one attached hydrogen (secondary N) is 1. The second-order valence-corrected chi connectivity index (χ2v) is 11.8. The van der Waals surface area contributed by atoms with Crippen molar-refractivity contribution in [2.45, 2.75) is 64.3 Å². The Morgan fingerprint density at radius 1 is 1.25 bits per heavy atom. The van der Waals surface area contributed by atoms with Crippen LogP contribution < -0.4 is 4.72 Å². The van der Waals surface area contributed by atoms with Gasteiger partial charge in [-0.2, -0.15) is 0 Å². The molecule has 5 nitrogen and oxygen atoms in total. The third-order valence-corrected chi connectivity index (χ3v) is 7.73. The monoisotopic (exact) mass is 470 g/mol. The minimum absolute atomic E-state index is 0.0925. The molecule has 1 fully saturated rings. The smallest absolute Gasteiger partial charge is 0.258 e. The lowest BCUT2D eigenvalue weighted by Gasteiger charge is -2.20. The maximum absolute atomic E-state index is 15.2. The van der Waals surface area contributed by atoms with E-state index in [0.29, 0.717) is 55.5 Å². The van der Waals surface area contributed by atoms with Crippen molar-refractivity contribution in [2.24, 2.45) is 5.41 Å². The summed E-state index contributed by atoms with van der Waals surface area (Å²) >= 11 is 0. The summed E-state index contributed by atoms with van der Waals surface area (Å²) in [6.45, 7) is 7.45. The van der Waals surface area contributed by atoms with Crippen molar-refractivity contribution in [3.63, 3.8) is 0 Å². The topological polar surface area (TPSA) is 60.3 Å². The van der Waals surface area contributed by atoms with Crippen LogP contribution in [0.4, 0.5) is 13.2 Å². The number of alkyl halides is 2.